The van der Waals surface area contributed by atoms with E-state index in [1.54, 1.807) is 4.90 Å². The number of ether oxygens (including phenoxy) is 2. The number of amides is 2. The summed E-state index contributed by atoms with van der Waals surface area (Å²) in [6.45, 7) is 3.12. The molecule has 0 spiro atoms. The van der Waals surface area contributed by atoms with E-state index in [2.05, 4.69) is 5.32 Å². The summed E-state index contributed by atoms with van der Waals surface area (Å²) < 4.78 is 11.2. The van der Waals surface area contributed by atoms with Crippen molar-refractivity contribution in [1.82, 2.24) is 10.2 Å². The second kappa shape index (κ2) is 8.09. The molecule has 0 radical (unpaired) electrons. The molecular formula is C21H28N2O5. The lowest BCUT2D eigenvalue weighted by Crippen LogP contribution is -2.51. The Labute approximate surface area is 165 Å². The molecule has 1 aliphatic carbocycles. The first-order valence-electron chi connectivity index (χ1n) is 10.1. The predicted octanol–water partition coefficient (Wildman–Crippen LogP) is 1.02. The van der Waals surface area contributed by atoms with E-state index in [0.717, 1.165) is 18.4 Å². The van der Waals surface area contributed by atoms with Crippen molar-refractivity contribution >= 4 is 11.8 Å². The van der Waals surface area contributed by atoms with Gasteiger partial charge in [-0.15, -0.1) is 0 Å². The Balaban J connectivity index is 1.34. The maximum Gasteiger partial charge on any atom is 0.260 e. The van der Waals surface area contributed by atoms with Crippen LogP contribution >= 0.6 is 0 Å². The fraction of sp³-hybridized carbons (Fsp3) is 0.619. The molecule has 7 nitrogen and oxygen atoms in total. The lowest BCUT2D eigenvalue weighted by molar-refractivity contribution is -0.138. The molecule has 1 unspecified atom stereocenters. The molecule has 2 heterocycles. The molecular weight excluding hydrogens is 360 g/mol. The summed E-state index contributed by atoms with van der Waals surface area (Å²) in [6, 6.07) is 6.97. The minimum Gasteiger partial charge on any atom is -0.484 e. The van der Waals surface area contributed by atoms with Crippen LogP contribution in [0.15, 0.2) is 24.3 Å². The Morgan fingerprint density at radius 3 is 2.93 bits per heavy atom. The molecule has 2 N–H and O–H groups in total. The number of benzene rings is 1. The quantitative estimate of drug-likeness (QED) is 0.760. The first kappa shape index (κ1) is 19.2. The van der Waals surface area contributed by atoms with E-state index in [4.69, 9.17) is 9.47 Å². The van der Waals surface area contributed by atoms with Gasteiger partial charge in [0.15, 0.2) is 6.61 Å². The summed E-state index contributed by atoms with van der Waals surface area (Å²) in [5, 5.41) is 13.5. The van der Waals surface area contributed by atoms with Gasteiger partial charge in [0.05, 0.1) is 30.7 Å². The smallest absolute Gasteiger partial charge is 0.260 e. The Hall–Kier alpha value is -2.12. The van der Waals surface area contributed by atoms with Crippen LogP contribution in [0.1, 0.15) is 31.2 Å². The standard InChI is InChI=1S/C21H28N2O5/c1-13-5-2-3-7-17(13)28-12-19(26)23-11-14-9-16(24)21(23)20(14)22-18(25)10-15-6-4-8-27-15/h2-3,5,7,14-16,20-21,24H,4,6,8-12H2,1H3,(H,22,25)/t14-,15?,16+,20-,21-/m0/s1. The highest BCUT2D eigenvalue weighted by Crippen LogP contribution is 2.38. The number of hydrogen-bond acceptors (Lipinski definition) is 5. The van der Waals surface area contributed by atoms with Crippen molar-refractivity contribution < 1.29 is 24.2 Å². The van der Waals surface area contributed by atoms with E-state index in [1.165, 1.54) is 0 Å². The summed E-state index contributed by atoms with van der Waals surface area (Å²) in [7, 11) is 0. The number of hydrogen-bond donors (Lipinski definition) is 2. The van der Waals surface area contributed by atoms with Gasteiger partial charge < -0.3 is 24.8 Å². The molecule has 28 heavy (non-hydrogen) atoms. The van der Waals surface area contributed by atoms with Crippen molar-refractivity contribution in [2.45, 2.75) is 56.9 Å². The van der Waals surface area contributed by atoms with Crippen molar-refractivity contribution in [2.75, 3.05) is 19.8 Å². The lowest BCUT2D eigenvalue weighted by atomic mass is 10.1. The second-order valence-electron chi connectivity index (χ2n) is 8.09. The summed E-state index contributed by atoms with van der Waals surface area (Å²) >= 11 is 0. The number of rotatable bonds is 6. The molecule has 5 atom stereocenters. The highest BCUT2D eigenvalue weighted by atomic mass is 16.5. The maximum atomic E-state index is 12.7. The zero-order valence-electron chi connectivity index (χ0n) is 16.2. The number of para-hydroxylation sites is 1. The third kappa shape index (κ3) is 3.86. The van der Waals surface area contributed by atoms with E-state index in [1.807, 2.05) is 31.2 Å². The summed E-state index contributed by atoms with van der Waals surface area (Å²) in [5.41, 5.74) is 0.970. The van der Waals surface area contributed by atoms with Crippen LogP contribution in [0.2, 0.25) is 0 Å². The van der Waals surface area contributed by atoms with E-state index in [9.17, 15) is 14.7 Å². The largest absolute Gasteiger partial charge is 0.484 e. The van der Waals surface area contributed by atoms with Crippen LogP contribution in [0.3, 0.4) is 0 Å². The normalized spacial score (nSPS) is 31.2. The molecule has 1 saturated carbocycles. The van der Waals surface area contributed by atoms with Gasteiger partial charge in [0.25, 0.3) is 5.91 Å². The maximum absolute atomic E-state index is 12.7. The van der Waals surface area contributed by atoms with Gasteiger partial charge in [-0.1, -0.05) is 18.2 Å². The van der Waals surface area contributed by atoms with Crippen LogP contribution in [0.4, 0.5) is 0 Å². The average molecular weight is 388 g/mol. The molecule has 2 saturated heterocycles. The fourth-order valence-corrected chi connectivity index (χ4v) is 4.75. The van der Waals surface area contributed by atoms with Gasteiger partial charge in [0, 0.05) is 19.1 Å². The van der Waals surface area contributed by atoms with Gasteiger partial charge in [-0.25, -0.2) is 0 Å². The second-order valence-corrected chi connectivity index (χ2v) is 8.09. The number of nitrogens with zero attached hydrogens (tertiary/aromatic N) is 1. The zero-order chi connectivity index (χ0) is 19.7. The van der Waals surface area contributed by atoms with Gasteiger partial charge in [-0.05, 0) is 37.8 Å². The van der Waals surface area contributed by atoms with Crippen LogP contribution < -0.4 is 10.1 Å². The third-order valence-corrected chi connectivity index (χ3v) is 6.14. The van der Waals surface area contributed by atoms with Crippen molar-refractivity contribution in [3.05, 3.63) is 29.8 Å². The Morgan fingerprint density at radius 1 is 1.36 bits per heavy atom. The van der Waals surface area contributed by atoms with Crippen LogP contribution in [0.25, 0.3) is 0 Å². The number of aliphatic hydroxyl groups excluding tert-OH is 1. The monoisotopic (exact) mass is 388 g/mol. The van der Waals surface area contributed by atoms with Crippen molar-refractivity contribution in [2.24, 2.45) is 5.92 Å². The summed E-state index contributed by atoms with van der Waals surface area (Å²) in [5.74, 6) is 0.539. The van der Waals surface area contributed by atoms with Gasteiger partial charge >= 0.3 is 0 Å². The van der Waals surface area contributed by atoms with E-state index >= 15 is 0 Å². The molecule has 4 rings (SSSR count). The van der Waals surface area contributed by atoms with E-state index < -0.39 is 6.10 Å². The van der Waals surface area contributed by atoms with Gasteiger partial charge in [0.1, 0.15) is 5.75 Å². The molecule has 2 aliphatic heterocycles. The number of fused-ring (bicyclic) bond motifs is 2. The van der Waals surface area contributed by atoms with Crippen LogP contribution in [0, 0.1) is 12.8 Å². The van der Waals surface area contributed by atoms with Crippen molar-refractivity contribution in [3.8, 4) is 5.75 Å². The SMILES string of the molecule is Cc1ccccc1OCC(=O)N1C[C@@H]2C[C@@H](O)[C@H]1[C@H]2NC(=O)CC1CCCO1. The van der Waals surface area contributed by atoms with Gasteiger partial charge in [-0.2, -0.15) is 0 Å². The number of carbonyl (C=O) groups excluding carboxylic acids is 2. The van der Waals surface area contributed by atoms with Crippen LogP contribution in [-0.2, 0) is 14.3 Å². The summed E-state index contributed by atoms with van der Waals surface area (Å²) in [6.07, 6.45) is 2.23. The molecule has 0 aromatic heterocycles. The first-order chi connectivity index (χ1) is 13.5. The first-order valence-corrected chi connectivity index (χ1v) is 10.1. The van der Waals surface area contributed by atoms with Crippen LogP contribution in [0.5, 0.6) is 5.75 Å². The Morgan fingerprint density at radius 2 is 2.18 bits per heavy atom. The third-order valence-electron chi connectivity index (χ3n) is 6.14. The van der Waals surface area contributed by atoms with Crippen molar-refractivity contribution in [1.29, 1.82) is 0 Å². The zero-order valence-corrected chi connectivity index (χ0v) is 16.2. The van der Waals surface area contributed by atoms with Crippen molar-refractivity contribution in [3.63, 3.8) is 0 Å². The van der Waals surface area contributed by atoms with E-state index in [0.29, 0.717) is 31.7 Å². The average Bonchev–Trinajstić information content (AvgIpc) is 3.36. The highest BCUT2D eigenvalue weighted by Gasteiger charge is 2.54. The summed E-state index contributed by atoms with van der Waals surface area (Å²) in [4.78, 5) is 26.8. The molecule has 1 aromatic carbocycles. The molecule has 2 bridgehead atoms. The number of piperidine rings is 1. The number of carbonyl (C=O) groups is 2. The molecule has 2 amide bonds. The Kier molecular flexibility index (Phi) is 5.55. The molecule has 3 fully saturated rings. The Bertz CT molecular complexity index is 733. The van der Waals surface area contributed by atoms with E-state index in [-0.39, 0.29) is 42.5 Å². The number of nitrogens with one attached hydrogen (secondary N) is 1. The fourth-order valence-electron chi connectivity index (χ4n) is 4.75. The molecule has 1 aromatic rings. The molecule has 152 valence electrons. The topological polar surface area (TPSA) is 88.1 Å². The highest BCUT2D eigenvalue weighted by molar-refractivity contribution is 5.80. The minimum atomic E-state index is -0.616. The lowest BCUT2D eigenvalue weighted by Gasteiger charge is -2.31. The predicted molar refractivity (Wildman–Crippen MR) is 102 cm³/mol. The van der Waals surface area contributed by atoms with Crippen LogP contribution in [-0.4, -0.2) is 65.9 Å². The number of aliphatic hydroxyl groups is 1. The number of likely N-dealkylation sites (tertiary alicyclic amines) is 1. The molecule has 3 aliphatic rings. The number of aryl methyl sites for hydroxylation is 1. The minimum absolute atomic E-state index is 0.00998. The molecule has 7 heteroatoms. The van der Waals surface area contributed by atoms with Gasteiger partial charge in [0.2, 0.25) is 5.91 Å². The van der Waals surface area contributed by atoms with Gasteiger partial charge in [-0.3, -0.25) is 9.59 Å².